The Morgan fingerprint density at radius 3 is 2.77 bits per heavy atom. The third-order valence-electron chi connectivity index (χ3n) is 5.93. The molecule has 0 saturated carbocycles. The molecule has 142 valence electrons. The highest BCUT2D eigenvalue weighted by Crippen LogP contribution is 2.27. The van der Waals surface area contributed by atoms with E-state index >= 15 is 0 Å². The third kappa shape index (κ3) is 3.78. The molecule has 2 saturated heterocycles. The summed E-state index contributed by atoms with van der Waals surface area (Å²) in [6.07, 6.45) is 6.44. The van der Waals surface area contributed by atoms with Crippen molar-refractivity contribution in [2.24, 2.45) is 5.92 Å². The largest absolute Gasteiger partial charge is 0.353 e. The Bertz CT molecular complexity index is 675. The first kappa shape index (κ1) is 17.9. The quantitative estimate of drug-likeness (QED) is 0.837. The van der Waals surface area contributed by atoms with Crippen LogP contribution in [0.2, 0.25) is 0 Å². The van der Waals surface area contributed by atoms with Crippen LogP contribution in [-0.2, 0) is 22.4 Å². The minimum atomic E-state index is -0.000303. The predicted octanol–water partition coefficient (Wildman–Crippen LogP) is 1.42. The number of nitrogens with zero attached hydrogens (tertiary/aromatic N) is 2. The molecule has 3 aliphatic rings. The molecule has 26 heavy (non-hydrogen) atoms. The van der Waals surface area contributed by atoms with Gasteiger partial charge in [0.2, 0.25) is 11.8 Å². The molecule has 2 fully saturated rings. The highest BCUT2D eigenvalue weighted by atomic mass is 32.1. The lowest BCUT2D eigenvalue weighted by atomic mass is 9.93. The van der Waals surface area contributed by atoms with E-state index in [2.05, 4.69) is 15.6 Å². The van der Waals surface area contributed by atoms with Gasteiger partial charge in [-0.25, -0.2) is 4.98 Å². The van der Waals surface area contributed by atoms with Crippen molar-refractivity contribution in [1.82, 2.24) is 20.5 Å². The average molecular weight is 377 g/mol. The Morgan fingerprint density at radius 1 is 1.23 bits per heavy atom. The number of piperidine rings is 1. The highest BCUT2D eigenvalue weighted by molar-refractivity contribution is 7.11. The fourth-order valence-corrected chi connectivity index (χ4v) is 5.49. The Morgan fingerprint density at radius 2 is 2.04 bits per heavy atom. The number of aromatic nitrogens is 1. The number of carbonyl (C=O) groups is 2. The summed E-state index contributed by atoms with van der Waals surface area (Å²) >= 11 is 1.76. The lowest BCUT2D eigenvalue weighted by Crippen LogP contribution is -2.50. The molecule has 2 aliphatic heterocycles. The summed E-state index contributed by atoms with van der Waals surface area (Å²) in [5.41, 5.74) is 1.23. The van der Waals surface area contributed by atoms with Crippen LogP contribution in [0.5, 0.6) is 0 Å². The first-order valence-corrected chi connectivity index (χ1v) is 10.7. The van der Waals surface area contributed by atoms with E-state index in [0.717, 1.165) is 56.5 Å². The molecule has 2 N–H and O–H groups in total. The van der Waals surface area contributed by atoms with Crippen molar-refractivity contribution in [1.29, 1.82) is 0 Å². The van der Waals surface area contributed by atoms with Gasteiger partial charge in [-0.3, -0.25) is 9.59 Å². The number of aryl methyl sites for hydroxylation is 2. The molecule has 3 heterocycles. The molecule has 1 aliphatic carbocycles. The number of fused-ring (bicyclic) bond motifs is 1. The van der Waals surface area contributed by atoms with Gasteiger partial charge >= 0.3 is 0 Å². The smallest absolute Gasteiger partial charge is 0.239 e. The second-order valence-corrected chi connectivity index (χ2v) is 9.09. The Kier molecular flexibility index (Phi) is 5.27. The standard InChI is InChI=1S/C19H28N4O2S/c1-12-21-15-5-4-14(11-17(15)26-12)22-18(24)13-6-9-23(10-7-13)19(25)16-3-2-8-20-16/h13-14,16,20H,2-11H2,1H3,(H,22,24)/t14?,16-/m0/s1. The Hall–Kier alpha value is -1.47. The van der Waals surface area contributed by atoms with E-state index in [1.807, 2.05) is 11.8 Å². The predicted molar refractivity (Wildman–Crippen MR) is 101 cm³/mol. The number of hydrogen-bond donors (Lipinski definition) is 2. The molecular weight excluding hydrogens is 348 g/mol. The topological polar surface area (TPSA) is 74.3 Å². The van der Waals surface area contributed by atoms with Crippen LogP contribution >= 0.6 is 11.3 Å². The normalized spacial score (nSPS) is 26.6. The number of carbonyl (C=O) groups excluding carboxylic acids is 2. The van der Waals surface area contributed by atoms with E-state index in [1.54, 1.807) is 11.3 Å². The monoisotopic (exact) mass is 376 g/mol. The molecule has 1 unspecified atom stereocenters. The maximum atomic E-state index is 12.7. The van der Waals surface area contributed by atoms with Crippen LogP contribution in [0.15, 0.2) is 0 Å². The van der Waals surface area contributed by atoms with Crippen molar-refractivity contribution in [3.63, 3.8) is 0 Å². The minimum absolute atomic E-state index is 0.000303. The number of thiazole rings is 1. The number of likely N-dealkylation sites (tertiary alicyclic amines) is 1. The summed E-state index contributed by atoms with van der Waals surface area (Å²) in [6, 6.07) is 0.233. The lowest BCUT2D eigenvalue weighted by Gasteiger charge is -2.34. The van der Waals surface area contributed by atoms with Gasteiger partial charge in [-0.1, -0.05) is 0 Å². The molecule has 2 amide bonds. The average Bonchev–Trinajstić information content (AvgIpc) is 3.29. The van der Waals surface area contributed by atoms with Gasteiger partial charge in [-0.2, -0.15) is 0 Å². The van der Waals surface area contributed by atoms with Gasteiger partial charge < -0.3 is 15.5 Å². The van der Waals surface area contributed by atoms with Gasteiger partial charge in [0.15, 0.2) is 0 Å². The Labute approximate surface area is 158 Å². The summed E-state index contributed by atoms with van der Waals surface area (Å²) in [5.74, 6) is 0.438. The molecule has 2 atom stereocenters. The van der Waals surface area contributed by atoms with E-state index in [-0.39, 0.29) is 29.8 Å². The number of amides is 2. The zero-order valence-electron chi connectivity index (χ0n) is 15.4. The summed E-state index contributed by atoms with van der Waals surface area (Å²) in [6.45, 7) is 4.40. The molecule has 1 aromatic heterocycles. The van der Waals surface area contributed by atoms with Gasteiger partial charge in [0.1, 0.15) is 0 Å². The molecule has 1 aromatic rings. The fourth-order valence-electron chi connectivity index (χ4n) is 4.42. The van der Waals surface area contributed by atoms with Crippen LogP contribution in [0.1, 0.15) is 47.7 Å². The highest BCUT2D eigenvalue weighted by Gasteiger charge is 2.33. The summed E-state index contributed by atoms with van der Waals surface area (Å²) in [4.78, 5) is 33.0. The molecule has 0 radical (unpaired) electrons. The first-order chi connectivity index (χ1) is 12.6. The van der Waals surface area contributed by atoms with Crippen molar-refractivity contribution in [3.8, 4) is 0 Å². The van der Waals surface area contributed by atoms with E-state index in [4.69, 9.17) is 0 Å². The van der Waals surface area contributed by atoms with Crippen molar-refractivity contribution in [2.75, 3.05) is 19.6 Å². The lowest BCUT2D eigenvalue weighted by molar-refractivity contribution is -0.137. The SMILES string of the molecule is Cc1nc2c(s1)CC(NC(=O)C1CCN(C(=O)[C@@H]3CCCN3)CC1)CC2. The van der Waals surface area contributed by atoms with Crippen LogP contribution in [0.3, 0.4) is 0 Å². The molecular formula is C19H28N4O2S. The third-order valence-corrected chi connectivity index (χ3v) is 6.96. The number of nitrogens with one attached hydrogen (secondary N) is 2. The second kappa shape index (κ2) is 7.64. The van der Waals surface area contributed by atoms with Gasteiger partial charge in [-0.05, 0) is 52.0 Å². The number of rotatable bonds is 3. The van der Waals surface area contributed by atoms with E-state index < -0.39 is 0 Å². The van der Waals surface area contributed by atoms with Gasteiger partial charge in [-0.15, -0.1) is 11.3 Å². The van der Waals surface area contributed by atoms with Crippen molar-refractivity contribution in [3.05, 3.63) is 15.6 Å². The molecule has 0 bridgehead atoms. The van der Waals surface area contributed by atoms with Crippen LogP contribution in [0, 0.1) is 12.8 Å². The van der Waals surface area contributed by atoms with Gasteiger partial charge in [0, 0.05) is 36.3 Å². The van der Waals surface area contributed by atoms with Crippen molar-refractivity contribution in [2.45, 2.75) is 64.0 Å². The van der Waals surface area contributed by atoms with E-state index in [0.29, 0.717) is 13.1 Å². The second-order valence-electron chi connectivity index (χ2n) is 7.80. The van der Waals surface area contributed by atoms with E-state index in [9.17, 15) is 9.59 Å². The Balaban J connectivity index is 1.25. The van der Waals surface area contributed by atoms with Gasteiger partial charge in [0.25, 0.3) is 0 Å². The molecule has 4 rings (SSSR count). The molecule has 0 aromatic carbocycles. The minimum Gasteiger partial charge on any atom is -0.353 e. The van der Waals surface area contributed by atoms with Crippen LogP contribution in [-0.4, -0.2) is 53.4 Å². The van der Waals surface area contributed by atoms with Crippen LogP contribution < -0.4 is 10.6 Å². The summed E-state index contributed by atoms with van der Waals surface area (Å²) in [5, 5.41) is 7.66. The summed E-state index contributed by atoms with van der Waals surface area (Å²) in [7, 11) is 0. The first-order valence-electron chi connectivity index (χ1n) is 9.88. The molecule has 6 nitrogen and oxygen atoms in total. The maximum absolute atomic E-state index is 12.7. The fraction of sp³-hybridized carbons (Fsp3) is 0.737. The van der Waals surface area contributed by atoms with Crippen molar-refractivity contribution >= 4 is 23.2 Å². The maximum Gasteiger partial charge on any atom is 0.239 e. The molecule has 0 spiro atoms. The van der Waals surface area contributed by atoms with Crippen LogP contribution in [0.25, 0.3) is 0 Å². The van der Waals surface area contributed by atoms with Crippen LogP contribution in [0.4, 0.5) is 0 Å². The van der Waals surface area contributed by atoms with Crippen molar-refractivity contribution < 1.29 is 9.59 Å². The number of hydrogen-bond acceptors (Lipinski definition) is 5. The van der Waals surface area contributed by atoms with Gasteiger partial charge in [0.05, 0.1) is 16.7 Å². The summed E-state index contributed by atoms with van der Waals surface area (Å²) < 4.78 is 0. The zero-order chi connectivity index (χ0) is 18.1. The molecule has 7 heteroatoms. The zero-order valence-corrected chi connectivity index (χ0v) is 16.2. The van der Waals surface area contributed by atoms with E-state index in [1.165, 1.54) is 10.6 Å².